The van der Waals surface area contributed by atoms with Gasteiger partial charge in [-0.2, -0.15) is 5.90 Å². The van der Waals surface area contributed by atoms with E-state index in [0.717, 1.165) is 16.7 Å². The summed E-state index contributed by atoms with van der Waals surface area (Å²) in [5.74, 6) is 4.74. The van der Waals surface area contributed by atoms with E-state index in [9.17, 15) is 4.79 Å². The van der Waals surface area contributed by atoms with Gasteiger partial charge in [-0.3, -0.25) is 0 Å². The Hall–Kier alpha value is -3.17. The molecule has 3 aromatic rings. The second kappa shape index (κ2) is 7.81. The highest BCUT2D eigenvalue weighted by molar-refractivity contribution is 5.94. The van der Waals surface area contributed by atoms with Gasteiger partial charge >= 0.3 is 5.97 Å². The van der Waals surface area contributed by atoms with Gasteiger partial charge in [0.25, 0.3) is 0 Å². The molecule has 0 saturated carbocycles. The highest BCUT2D eigenvalue weighted by atomic mass is 16.7. The topological polar surface area (TPSA) is 52.3 Å². The van der Waals surface area contributed by atoms with Gasteiger partial charge < -0.3 is 4.84 Å². The predicted molar refractivity (Wildman–Crippen MR) is 103 cm³/mol. The van der Waals surface area contributed by atoms with Crippen LogP contribution in [0.4, 0.5) is 0 Å². The van der Waals surface area contributed by atoms with E-state index in [2.05, 4.69) is 4.84 Å². The Morgan fingerprint density at radius 2 is 1.12 bits per heavy atom. The Morgan fingerprint density at radius 3 is 1.38 bits per heavy atom. The summed E-state index contributed by atoms with van der Waals surface area (Å²) in [5, 5.41) is 0. The van der Waals surface area contributed by atoms with E-state index in [1.54, 1.807) is 6.08 Å². The highest BCUT2D eigenvalue weighted by Crippen LogP contribution is 2.45. The molecule has 0 unspecified atom stereocenters. The maximum atomic E-state index is 12.7. The van der Waals surface area contributed by atoms with Crippen LogP contribution in [0.3, 0.4) is 0 Å². The summed E-state index contributed by atoms with van der Waals surface area (Å²) in [6.07, 6.45) is 1.78. The Labute approximate surface area is 153 Å². The molecule has 0 fully saturated rings. The fourth-order valence-electron chi connectivity index (χ4n) is 3.58. The molecule has 2 N–H and O–H groups in total. The van der Waals surface area contributed by atoms with Gasteiger partial charge in [0.1, 0.15) is 0 Å². The van der Waals surface area contributed by atoms with Crippen LogP contribution in [0.25, 0.3) is 0 Å². The predicted octanol–water partition coefficient (Wildman–Crippen LogP) is 4.38. The first-order chi connectivity index (χ1) is 12.7. The molecule has 0 spiro atoms. The van der Waals surface area contributed by atoms with Crippen LogP contribution in [-0.4, -0.2) is 5.97 Å². The quantitative estimate of drug-likeness (QED) is 0.425. The molecule has 0 bridgehead atoms. The van der Waals surface area contributed by atoms with Crippen LogP contribution in [0.15, 0.2) is 103 Å². The van der Waals surface area contributed by atoms with Crippen molar-refractivity contribution in [3.63, 3.8) is 0 Å². The van der Waals surface area contributed by atoms with E-state index < -0.39 is 11.4 Å². The molecule has 26 heavy (non-hydrogen) atoms. The molecule has 0 saturated heterocycles. The first kappa shape index (κ1) is 17.6. The SMILES string of the molecule is CC=C(C(=O)ON)C(c1ccccc1)(c1ccccc1)c1ccccc1. The molecule has 0 aliphatic rings. The number of hydrogen-bond acceptors (Lipinski definition) is 3. The van der Waals surface area contributed by atoms with Crippen molar-refractivity contribution in [3.05, 3.63) is 119 Å². The Morgan fingerprint density at radius 1 is 0.769 bits per heavy atom. The molecule has 0 aliphatic heterocycles. The molecule has 0 radical (unpaired) electrons. The number of rotatable bonds is 5. The zero-order valence-corrected chi connectivity index (χ0v) is 14.6. The zero-order valence-electron chi connectivity index (χ0n) is 14.6. The summed E-state index contributed by atoms with van der Waals surface area (Å²) in [6, 6.07) is 29.8. The third-order valence-electron chi connectivity index (χ3n) is 4.64. The first-order valence-corrected chi connectivity index (χ1v) is 8.49. The lowest BCUT2D eigenvalue weighted by Crippen LogP contribution is -2.36. The second-order valence-electron chi connectivity index (χ2n) is 5.96. The number of carbonyl (C=O) groups is 1. The lowest BCUT2D eigenvalue weighted by molar-refractivity contribution is -0.140. The van der Waals surface area contributed by atoms with Crippen LogP contribution < -0.4 is 5.90 Å². The van der Waals surface area contributed by atoms with Gasteiger partial charge in [0, 0.05) is 0 Å². The van der Waals surface area contributed by atoms with E-state index in [-0.39, 0.29) is 0 Å². The van der Waals surface area contributed by atoms with Gasteiger partial charge in [-0.15, -0.1) is 0 Å². The molecule has 130 valence electrons. The lowest BCUT2D eigenvalue weighted by atomic mass is 9.64. The van der Waals surface area contributed by atoms with Crippen LogP contribution in [0.2, 0.25) is 0 Å². The summed E-state index contributed by atoms with van der Waals surface area (Å²) in [6.45, 7) is 1.83. The molecule has 3 rings (SSSR count). The Kier molecular flexibility index (Phi) is 5.30. The number of nitrogens with two attached hydrogens (primary N) is 1. The molecular weight excluding hydrogens is 322 g/mol. The first-order valence-electron chi connectivity index (χ1n) is 8.49. The van der Waals surface area contributed by atoms with E-state index >= 15 is 0 Å². The zero-order chi connectivity index (χ0) is 18.4. The summed E-state index contributed by atoms with van der Waals surface area (Å²) in [5.41, 5.74) is 2.56. The number of hydrogen-bond donors (Lipinski definition) is 1. The average Bonchev–Trinajstić information content (AvgIpc) is 2.73. The minimum Gasteiger partial charge on any atom is -0.370 e. The molecular formula is C23H21NO2. The van der Waals surface area contributed by atoms with Gasteiger partial charge in [-0.25, -0.2) is 4.79 Å². The van der Waals surface area contributed by atoms with Crippen molar-refractivity contribution in [2.24, 2.45) is 5.90 Å². The van der Waals surface area contributed by atoms with Gasteiger partial charge in [0.05, 0.1) is 11.0 Å². The third kappa shape index (κ3) is 2.93. The fraction of sp³-hybridized carbons (Fsp3) is 0.0870. The van der Waals surface area contributed by atoms with E-state index in [1.807, 2.05) is 97.9 Å². The van der Waals surface area contributed by atoms with Gasteiger partial charge in [-0.05, 0) is 23.6 Å². The maximum absolute atomic E-state index is 12.7. The lowest BCUT2D eigenvalue weighted by Gasteiger charge is -2.37. The van der Waals surface area contributed by atoms with Crippen molar-refractivity contribution in [2.45, 2.75) is 12.3 Å². The Bertz CT molecular complexity index is 791. The molecule has 0 aliphatic carbocycles. The smallest absolute Gasteiger partial charge is 0.353 e. The largest absolute Gasteiger partial charge is 0.370 e. The highest BCUT2D eigenvalue weighted by Gasteiger charge is 2.43. The maximum Gasteiger partial charge on any atom is 0.353 e. The van der Waals surface area contributed by atoms with Gasteiger partial charge in [-0.1, -0.05) is 97.1 Å². The van der Waals surface area contributed by atoms with Crippen LogP contribution in [0.1, 0.15) is 23.6 Å². The molecule has 0 heterocycles. The van der Waals surface area contributed by atoms with Crippen LogP contribution >= 0.6 is 0 Å². The summed E-state index contributed by atoms with van der Waals surface area (Å²) < 4.78 is 0. The molecule has 0 atom stereocenters. The van der Waals surface area contributed by atoms with Crippen molar-refractivity contribution >= 4 is 5.97 Å². The van der Waals surface area contributed by atoms with Gasteiger partial charge in [0.2, 0.25) is 0 Å². The second-order valence-corrected chi connectivity index (χ2v) is 5.96. The van der Waals surface area contributed by atoms with Crippen molar-refractivity contribution in [1.29, 1.82) is 0 Å². The fourth-order valence-corrected chi connectivity index (χ4v) is 3.58. The third-order valence-corrected chi connectivity index (χ3v) is 4.64. The van der Waals surface area contributed by atoms with Crippen LogP contribution in [0, 0.1) is 0 Å². The normalized spacial score (nSPS) is 11.8. The number of benzene rings is 3. The average molecular weight is 343 g/mol. The monoisotopic (exact) mass is 343 g/mol. The molecule has 3 heteroatoms. The van der Waals surface area contributed by atoms with Crippen molar-refractivity contribution in [3.8, 4) is 0 Å². The number of carbonyl (C=O) groups excluding carboxylic acids is 1. The van der Waals surface area contributed by atoms with Crippen LogP contribution in [0.5, 0.6) is 0 Å². The van der Waals surface area contributed by atoms with Crippen molar-refractivity contribution in [1.82, 2.24) is 0 Å². The molecule has 3 nitrogen and oxygen atoms in total. The van der Waals surface area contributed by atoms with E-state index in [0.29, 0.717) is 5.57 Å². The van der Waals surface area contributed by atoms with E-state index in [1.165, 1.54) is 0 Å². The van der Waals surface area contributed by atoms with Crippen molar-refractivity contribution < 1.29 is 9.63 Å². The standard InChI is InChI=1S/C23H21NO2/c1-2-21(22(25)26-24)23(18-12-6-3-7-13-18,19-14-8-4-9-15-19)20-16-10-5-11-17-20/h2-17H,24H2,1H3. The number of allylic oxidation sites excluding steroid dienone is 1. The summed E-state index contributed by atoms with van der Waals surface area (Å²) in [7, 11) is 0. The molecule has 3 aromatic carbocycles. The molecule has 0 amide bonds. The van der Waals surface area contributed by atoms with Gasteiger partial charge in [0.15, 0.2) is 0 Å². The summed E-state index contributed by atoms with van der Waals surface area (Å²) >= 11 is 0. The minimum absolute atomic E-state index is 0.476. The minimum atomic E-state index is -0.824. The van der Waals surface area contributed by atoms with Crippen LogP contribution in [-0.2, 0) is 15.0 Å². The summed E-state index contributed by atoms with van der Waals surface area (Å²) in [4.78, 5) is 17.4. The molecule has 0 aromatic heterocycles. The van der Waals surface area contributed by atoms with E-state index in [4.69, 9.17) is 5.90 Å². The Balaban J connectivity index is 2.45. The van der Waals surface area contributed by atoms with Crippen molar-refractivity contribution in [2.75, 3.05) is 0 Å².